The predicted molar refractivity (Wildman–Crippen MR) is 438 cm³/mol. The number of anilines is 6. The maximum absolute atomic E-state index is 4.93. The van der Waals surface area contributed by atoms with Gasteiger partial charge in [-0.15, -0.1) is 0 Å². The first-order valence-electron chi connectivity index (χ1n) is 35.2. The van der Waals surface area contributed by atoms with E-state index in [1.807, 2.05) is 60.9 Å². The molecule has 0 unspecified atom stereocenters. The van der Waals surface area contributed by atoms with E-state index in [1.54, 1.807) is 12.4 Å². The molecule has 1 N–H and O–H groups in total. The van der Waals surface area contributed by atoms with Gasteiger partial charge in [-0.05, 0) is 182 Å². The highest BCUT2D eigenvalue weighted by atomic mass is 79.9. The van der Waals surface area contributed by atoms with Gasteiger partial charge in [-0.1, -0.05) is 243 Å². The maximum Gasteiger partial charge on any atom is 0.0887 e. The molecular formula is C96H65BrN8. The van der Waals surface area contributed by atoms with Crippen LogP contribution in [0.3, 0.4) is 0 Å². The van der Waals surface area contributed by atoms with Crippen molar-refractivity contribution in [3.05, 3.63) is 393 Å². The molecular weight excluding hydrogens is 1350 g/mol. The van der Waals surface area contributed by atoms with Crippen LogP contribution in [0.15, 0.2) is 393 Å². The zero-order valence-corrected chi connectivity index (χ0v) is 58.5. The van der Waals surface area contributed by atoms with Crippen LogP contribution in [-0.4, -0.2) is 29.5 Å². The summed E-state index contributed by atoms with van der Waals surface area (Å²) in [6.07, 6.45) is 7.31. The highest BCUT2D eigenvalue weighted by Crippen LogP contribution is 2.56. The van der Waals surface area contributed by atoms with Crippen molar-refractivity contribution in [1.82, 2.24) is 29.5 Å². The summed E-state index contributed by atoms with van der Waals surface area (Å²) in [5, 5.41) is 2.43. The number of hydrogen-bond donors (Lipinski definition) is 1. The number of aromatic amines is 1. The van der Waals surface area contributed by atoms with Gasteiger partial charge in [-0.3, -0.25) is 19.9 Å². The maximum atomic E-state index is 4.93. The third-order valence-corrected chi connectivity index (χ3v) is 20.1. The fourth-order valence-electron chi connectivity index (χ4n) is 14.9. The van der Waals surface area contributed by atoms with Crippen LogP contribution in [0.2, 0.25) is 0 Å². The van der Waals surface area contributed by atoms with Crippen molar-refractivity contribution in [2.24, 2.45) is 0 Å². The van der Waals surface area contributed by atoms with E-state index < -0.39 is 0 Å². The third kappa shape index (κ3) is 12.2. The van der Waals surface area contributed by atoms with Crippen molar-refractivity contribution in [1.29, 1.82) is 0 Å². The van der Waals surface area contributed by atoms with Gasteiger partial charge < -0.3 is 19.4 Å². The molecule has 18 aromatic rings. The van der Waals surface area contributed by atoms with Crippen LogP contribution in [-0.2, 0) is 0 Å². The molecule has 2 aliphatic heterocycles. The van der Waals surface area contributed by atoms with Gasteiger partial charge in [-0.25, -0.2) is 0 Å². The summed E-state index contributed by atoms with van der Waals surface area (Å²) < 4.78 is 3.36. The average molecular weight is 1410 g/mol. The number of nitrogens with zero attached hydrogens (tertiary/aromatic N) is 7. The summed E-state index contributed by atoms with van der Waals surface area (Å²) in [5.74, 6) is 0. The van der Waals surface area contributed by atoms with Crippen molar-refractivity contribution in [2.75, 3.05) is 9.80 Å². The molecule has 496 valence electrons. The standard InChI is InChI=1S/C48H32N4.C38H26N2.C10H7BrN2/c1-3-15-33(16-4-1)35-29-36(34-17-5-2-6-18-34)31-38(30-35)51-44-23-10-7-19-39(44)47-40-20-8-11-24-45(40)52(48(47)41-21-9-12-25-46(41)51)37-26-27-43(50-32-37)42-22-13-14-28-49-42;1-3-13-26(14-4-1)28-23-29(27-15-5-2-6-16-27)25-30(24-28)40-35-21-11-8-18-32(35)37-31-17-7-10-20-34(31)39-38(37)33-19-9-12-22-36(33)40;11-8-4-5-10(13-7-8)9-3-1-2-6-12-9/h1-32H;1-25,39H;1-7H. The summed E-state index contributed by atoms with van der Waals surface area (Å²) in [4.78, 5) is 26.6. The van der Waals surface area contributed by atoms with E-state index >= 15 is 0 Å². The monoisotopic (exact) mass is 1410 g/mol. The summed E-state index contributed by atoms with van der Waals surface area (Å²) in [5.41, 5.74) is 32.6. The van der Waals surface area contributed by atoms with Crippen LogP contribution >= 0.6 is 15.9 Å². The summed E-state index contributed by atoms with van der Waals surface area (Å²) in [7, 11) is 0. The van der Waals surface area contributed by atoms with Crippen LogP contribution in [0.5, 0.6) is 0 Å². The first-order valence-corrected chi connectivity index (χ1v) is 36.0. The van der Waals surface area contributed by atoms with Gasteiger partial charge in [0.2, 0.25) is 0 Å². The van der Waals surface area contributed by atoms with E-state index in [4.69, 9.17) is 4.98 Å². The minimum absolute atomic E-state index is 0.844. The first kappa shape index (κ1) is 63.6. The quantitative estimate of drug-likeness (QED) is 0.155. The molecule has 12 aromatic carbocycles. The van der Waals surface area contributed by atoms with Crippen LogP contribution in [0.1, 0.15) is 0 Å². The number of pyridine rings is 4. The smallest absolute Gasteiger partial charge is 0.0887 e. The molecule has 20 rings (SSSR count). The van der Waals surface area contributed by atoms with Crippen molar-refractivity contribution in [3.8, 4) is 118 Å². The Morgan fingerprint density at radius 3 is 1.13 bits per heavy atom. The largest absolute Gasteiger partial charge is 0.354 e. The molecule has 0 saturated heterocycles. The Morgan fingerprint density at radius 2 is 0.657 bits per heavy atom. The van der Waals surface area contributed by atoms with Crippen molar-refractivity contribution in [3.63, 3.8) is 0 Å². The molecule has 8 heterocycles. The fraction of sp³-hybridized carbons (Fsp3) is 0. The lowest BCUT2D eigenvalue weighted by Crippen LogP contribution is -2.11. The molecule has 0 aliphatic carbocycles. The number of halogens is 1. The summed E-state index contributed by atoms with van der Waals surface area (Å²) in [6.45, 7) is 0. The van der Waals surface area contributed by atoms with E-state index in [0.717, 1.165) is 89.4 Å². The highest BCUT2D eigenvalue weighted by molar-refractivity contribution is 9.10. The zero-order chi connectivity index (χ0) is 70.0. The number of H-pyrrole nitrogens is 1. The van der Waals surface area contributed by atoms with E-state index in [9.17, 15) is 0 Å². The van der Waals surface area contributed by atoms with Crippen LogP contribution in [0, 0.1) is 0 Å². The van der Waals surface area contributed by atoms with Gasteiger partial charge in [0.05, 0.1) is 74.3 Å². The normalized spacial score (nSPS) is 11.6. The van der Waals surface area contributed by atoms with Crippen LogP contribution < -0.4 is 9.80 Å². The molecule has 8 nitrogen and oxygen atoms in total. The topological polar surface area (TPSA) is 78.8 Å². The van der Waals surface area contributed by atoms with Crippen molar-refractivity contribution >= 4 is 71.9 Å². The predicted octanol–water partition coefficient (Wildman–Crippen LogP) is 26.1. The lowest BCUT2D eigenvalue weighted by molar-refractivity contribution is 1.10. The number of aromatic nitrogens is 6. The second-order valence-electron chi connectivity index (χ2n) is 25.9. The Kier molecular flexibility index (Phi) is 17.0. The Labute approximate surface area is 618 Å². The molecule has 0 atom stereocenters. The van der Waals surface area contributed by atoms with Crippen LogP contribution in [0.4, 0.5) is 34.1 Å². The van der Waals surface area contributed by atoms with Gasteiger partial charge in [0, 0.05) is 84.1 Å². The molecule has 0 spiro atoms. The van der Waals surface area contributed by atoms with Gasteiger partial charge in [-0.2, -0.15) is 0 Å². The molecule has 6 aromatic heterocycles. The van der Waals surface area contributed by atoms with Gasteiger partial charge in [0.15, 0.2) is 0 Å². The number of para-hydroxylation sites is 6. The lowest BCUT2D eigenvalue weighted by Gasteiger charge is -2.28. The van der Waals surface area contributed by atoms with Crippen molar-refractivity contribution < 1.29 is 0 Å². The highest BCUT2D eigenvalue weighted by Gasteiger charge is 2.33. The minimum Gasteiger partial charge on any atom is -0.354 e. The fourth-order valence-corrected chi connectivity index (χ4v) is 15.1. The summed E-state index contributed by atoms with van der Waals surface area (Å²) in [6, 6.07) is 129. The number of nitrogens with one attached hydrogen (secondary N) is 1. The third-order valence-electron chi connectivity index (χ3n) is 19.6. The lowest BCUT2D eigenvalue weighted by atomic mass is 9.97. The Bertz CT molecular complexity index is 6030. The molecule has 105 heavy (non-hydrogen) atoms. The van der Waals surface area contributed by atoms with E-state index in [-0.39, 0.29) is 0 Å². The minimum atomic E-state index is 0.844. The number of benzene rings is 12. The van der Waals surface area contributed by atoms with Gasteiger partial charge in [0.1, 0.15) is 0 Å². The SMILES string of the molecule is Brc1ccc(-c2ccccn2)nc1.c1ccc(-c2cc(-c3ccccc3)cc(N3c4ccccc4-c4[nH]c5ccccc5c4-c4ccccc43)c2)cc1.c1ccc(-c2cc(-c3ccccc3)cc(N3c4ccccc4-c4c(n(-c5ccc(-c6ccccn6)nc5)c5ccccc45)-c4ccccc43)c2)cc1. The zero-order valence-electron chi connectivity index (χ0n) is 57.0. The Balaban J connectivity index is 0.000000130. The Hall–Kier alpha value is -13.6. The van der Waals surface area contributed by atoms with Gasteiger partial charge >= 0.3 is 0 Å². The Morgan fingerprint density at radius 1 is 0.267 bits per heavy atom. The second kappa shape index (κ2) is 28.1. The molecule has 9 heteroatoms. The molecule has 0 bridgehead atoms. The molecule has 0 saturated carbocycles. The first-order chi connectivity index (χ1) is 52.0. The van der Waals surface area contributed by atoms with Crippen LogP contribution in [0.25, 0.3) is 140 Å². The summed E-state index contributed by atoms with van der Waals surface area (Å²) >= 11 is 3.34. The number of hydrogen-bond acceptors (Lipinski definition) is 6. The van der Waals surface area contributed by atoms with E-state index in [2.05, 4.69) is 366 Å². The van der Waals surface area contributed by atoms with E-state index in [1.165, 1.54) is 88.8 Å². The number of fused-ring (bicyclic) bond motifs is 14. The molecule has 0 fully saturated rings. The van der Waals surface area contributed by atoms with Gasteiger partial charge in [0.25, 0.3) is 0 Å². The molecule has 0 radical (unpaired) electrons. The number of rotatable bonds is 9. The van der Waals surface area contributed by atoms with Crippen molar-refractivity contribution in [2.45, 2.75) is 0 Å². The van der Waals surface area contributed by atoms with E-state index in [0.29, 0.717) is 0 Å². The molecule has 2 aliphatic rings. The average Bonchev–Trinajstić information content (AvgIpc) is 1.56. The second-order valence-corrected chi connectivity index (χ2v) is 26.8. The molecule has 0 amide bonds.